The SMILES string of the molecule is O=C(O)C=CCCCCC=CCCCCCCCCCCCCCC=CC(=O)O. The van der Waals surface area contributed by atoms with E-state index in [-0.39, 0.29) is 0 Å². The Bertz CT molecular complexity index is 477. The summed E-state index contributed by atoms with van der Waals surface area (Å²) in [5.74, 6) is -1.71. The van der Waals surface area contributed by atoms with Crippen molar-refractivity contribution in [2.24, 2.45) is 0 Å². The van der Waals surface area contributed by atoms with Gasteiger partial charge in [-0.1, -0.05) is 82.1 Å². The predicted octanol–water partition coefficient (Wildman–Crippen LogP) is 7.46. The Kier molecular flexibility index (Phi) is 21.0. The quantitative estimate of drug-likeness (QED) is 0.118. The van der Waals surface area contributed by atoms with Crippen LogP contribution in [0.3, 0.4) is 0 Å². The Morgan fingerprint density at radius 1 is 0.414 bits per heavy atom. The molecule has 0 heterocycles. The molecule has 2 N–H and O–H groups in total. The van der Waals surface area contributed by atoms with Gasteiger partial charge in [0.05, 0.1) is 0 Å². The fraction of sp³-hybridized carbons (Fsp3) is 0.680. The Hall–Kier alpha value is -1.84. The van der Waals surface area contributed by atoms with Gasteiger partial charge < -0.3 is 10.2 Å². The van der Waals surface area contributed by atoms with E-state index >= 15 is 0 Å². The van der Waals surface area contributed by atoms with Crippen molar-refractivity contribution < 1.29 is 19.8 Å². The highest BCUT2D eigenvalue weighted by molar-refractivity contribution is 5.79. The molecule has 0 aliphatic carbocycles. The molecule has 166 valence electrons. The van der Waals surface area contributed by atoms with Gasteiger partial charge in [-0.05, 0) is 51.4 Å². The van der Waals surface area contributed by atoms with Crippen LogP contribution in [0.15, 0.2) is 36.5 Å². The summed E-state index contributed by atoms with van der Waals surface area (Å²) in [6, 6.07) is 0. The first-order chi connectivity index (χ1) is 14.1. The zero-order chi connectivity index (χ0) is 21.4. The number of carboxylic acids is 2. The third-order valence-corrected chi connectivity index (χ3v) is 4.92. The summed E-state index contributed by atoms with van der Waals surface area (Å²) in [7, 11) is 0. The maximum absolute atomic E-state index is 10.3. The molecule has 0 rings (SSSR count). The smallest absolute Gasteiger partial charge is 0.327 e. The van der Waals surface area contributed by atoms with E-state index in [0.717, 1.165) is 38.5 Å². The largest absolute Gasteiger partial charge is 0.478 e. The van der Waals surface area contributed by atoms with Gasteiger partial charge in [0, 0.05) is 12.2 Å². The summed E-state index contributed by atoms with van der Waals surface area (Å²) in [6.45, 7) is 0. The van der Waals surface area contributed by atoms with Crippen molar-refractivity contribution in [3.63, 3.8) is 0 Å². The first-order valence-corrected chi connectivity index (χ1v) is 11.6. The van der Waals surface area contributed by atoms with Gasteiger partial charge >= 0.3 is 11.9 Å². The number of unbranched alkanes of at least 4 members (excludes halogenated alkanes) is 15. The molecule has 0 bridgehead atoms. The van der Waals surface area contributed by atoms with Crippen LogP contribution in [0.5, 0.6) is 0 Å². The lowest BCUT2D eigenvalue weighted by Crippen LogP contribution is -1.86. The van der Waals surface area contributed by atoms with Crippen molar-refractivity contribution in [3.8, 4) is 0 Å². The van der Waals surface area contributed by atoms with Gasteiger partial charge in [-0.25, -0.2) is 9.59 Å². The Labute approximate surface area is 177 Å². The van der Waals surface area contributed by atoms with Crippen molar-refractivity contribution >= 4 is 11.9 Å². The van der Waals surface area contributed by atoms with E-state index in [1.807, 2.05) is 0 Å². The molecule has 0 fully saturated rings. The molecule has 0 saturated carbocycles. The van der Waals surface area contributed by atoms with E-state index in [4.69, 9.17) is 10.2 Å². The van der Waals surface area contributed by atoms with Crippen LogP contribution in [0.4, 0.5) is 0 Å². The highest BCUT2D eigenvalue weighted by Crippen LogP contribution is 2.13. The van der Waals surface area contributed by atoms with Crippen molar-refractivity contribution in [2.75, 3.05) is 0 Å². The fourth-order valence-electron chi connectivity index (χ4n) is 3.24. The highest BCUT2D eigenvalue weighted by Gasteiger charge is 1.94. The zero-order valence-electron chi connectivity index (χ0n) is 18.2. The summed E-state index contributed by atoms with van der Waals surface area (Å²) in [5.41, 5.74) is 0. The second-order valence-corrected chi connectivity index (χ2v) is 7.70. The molecule has 4 nitrogen and oxygen atoms in total. The summed E-state index contributed by atoms with van der Waals surface area (Å²) < 4.78 is 0. The number of aliphatic carboxylic acids is 2. The summed E-state index contributed by atoms with van der Waals surface area (Å²) in [4.78, 5) is 20.6. The fourth-order valence-corrected chi connectivity index (χ4v) is 3.24. The number of carbonyl (C=O) groups is 2. The molecule has 0 saturated heterocycles. The van der Waals surface area contributed by atoms with E-state index in [0.29, 0.717) is 0 Å². The van der Waals surface area contributed by atoms with Gasteiger partial charge in [0.15, 0.2) is 0 Å². The van der Waals surface area contributed by atoms with Crippen LogP contribution >= 0.6 is 0 Å². The summed E-state index contributed by atoms with van der Waals surface area (Å²) >= 11 is 0. The van der Waals surface area contributed by atoms with Gasteiger partial charge in [-0.2, -0.15) is 0 Å². The highest BCUT2D eigenvalue weighted by atomic mass is 16.4. The van der Waals surface area contributed by atoms with Gasteiger partial charge in [0.1, 0.15) is 0 Å². The molecule has 0 aromatic heterocycles. The topological polar surface area (TPSA) is 74.6 Å². The van der Waals surface area contributed by atoms with Crippen molar-refractivity contribution in [1.82, 2.24) is 0 Å². The second kappa shape index (κ2) is 22.4. The molecule has 0 spiro atoms. The lowest BCUT2D eigenvalue weighted by molar-refractivity contribution is -0.132. The molecule has 0 atom stereocenters. The molecule has 0 unspecified atom stereocenters. The molecule has 4 heteroatoms. The minimum atomic E-state index is -0.860. The van der Waals surface area contributed by atoms with Gasteiger partial charge in [-0.15, -0.1) is 0 Å². The van der Waals surface area contributed by atoms with Crippen LogP contribution in [0.25, 0.3) is 0 Å². The summed E-state index contributed by atoms with van der Waals surface area (Å²) in [5, 5.41) is 17.0. The number of carboxylic acid groups (broad SMARTS) is 2. The molecular formula is C25H42O4. The van der Waals surface area contributed by atoms with Crippen LogP contribution < -0.4 is 0 Å². The third-order valence-electron chi connectivity index (χ3n) is 4.92. The van der Waals surface area contributed by atoms with Gasteiger partial charge in [-0.3, -0.25) is 0 Å². The molecule has 0 aliphatic heterocycles. The van der Waals surface area contributed by atoms with Crippen molar-refractivity contribution in [1.29, 1.82) is 0 Å². The van der Waals surface area contributed by atoms with Crippen molar-refractivity contribution in [2.45, 2.75) is 109 Å². The van der Waals surface area contributed by atoms with Crippen molar-refractivity contribution in [3.05, 3.63) is 36.5 Å². The first kappa shape index (κ1) is 27.2. The van der Waals surface area contributed by atoms with E-state index < -0.39 is 11.9 Å². The van der Waals surface area contributed by atoms with E-state index in [2.05, 4.69) is 12.2 Å². The monoisotopic (exact) mass is 406 g/mol. The molecule has 0 aliphatic rings. The van der Waals surface area contributed by atoms with Crippen LogP contribution in [-0.2, 0) is 9.59 Å². The van der Waals surface area contributed by atoms with E-state index in [1.54, 1.807) is 12.2 Å². The van der Waals surface area contributed by atoms with Gasteiger partial charge in [0.2, 0.25) is 0 Å². The van der Waals surface area contributed by atoms with E-state index in [1.165, 1.54) is 82.8 Å². The Morgan fingerprint density at radius 2 is 0.655 bits per heavy atom. The maximum atomic E-state index is 10.3. The van der Waals surface area contributed by atoms with Gasteiger partial charge in [0.25, 0.3) is 0 Å². The first-order valence-electron chi connectivity index (χ1n) is 11.6. The van der Waals surface area contributed by atoms with Crippen LogP contribution in [-0.4, -0.2) is 22.2 Å². The standard InChI is InChI=1S/C25H42O4/c26-24(27)22-20-18-16-14-12-10-8-6-4-2-1-3-5-7-9-11-13-15-17-19-21-23-25(28)29/h8,10,20-23H,1-7,9,11-19H2,(H,26,27)(H,28,29). The Morgan fingerprint density at radius 3 is 0.966 bits per heavy atom. The summed E-state index contributed by atoms with van der Waals surface area (Å²) in [6.07, 6.45) is 30.9. The van der Waals surface area contributed by atoms with E-state index in [9.17, 15) is 9.59 Å². The minimum Gasteiger partial charge on any atom is -0.478 e. The molecule has 29 heavy (non-hydrogen) atoms. The Balaban J connectivity index is 3.16. The van der Waals surface area contributed by atoms with Crippen LogP contribution in [0.1, 0.15) is 109 Å². The zero-order valence-corrected chi connectivity index (χ0v) is 18.2. The predicted molar refractivity (Wildman–Crippen MR) is 121 cm³/mol. The minimum absolute atomic E-state index is 0.849. The normalized spacial score (nSPS) is 11.9. The molecule has 0 radical (unpaired) electrons. The average Bonchev–Trinajstić information content (AvgIpc) is 2.68. The lowest BCUT2D eigenvalue weighted by atomic mass is 10.0. The molecule has 0 aromatic rings. The molecule has 0 amide bonds. The third kappa shape index (κ3) is 26.2. The number of allylic oxidation sites excluding steroid dienone is 4. The molecule has 0 aromatic carbocycles. The van der Waals surface area contributed by atoms with Crippen LogP contribution in [0, 0.1) is 0 Å². The number of rotatable bonds is 21. The average molecular weight is 407 g/mol. The molecular weight excluding hydrogens is 364 g/mol. The van der Waals surface area contributed by atoms with Crippen LogP contribution in [0.2, 0.25) is 0 Å². The second-order valence-electron chi connectivity index (χ2n) is 7.70. The number of hydrogen-bond acceptors (Lipinski definition) is 2. The number of hydrogen-bond donors (Lipinski definition) is 2. The lowest BCUT2D eigenvalue weighted by Gasteiger charge is -2.02. The maximum Gasteiger partial charge on any atom is 0.327 e.